The van der Waals surface area contributed by atoms with Gasteiger partial charge in [-0.25, -0.2) is 9.36 Å². The van der Waals surface area contributed by atoms with Gasteiger partial charge >= 0.3 is 5.69 Å². The number of rotatable bonds is 5. The molecule has 0 aliphatic rings. The SMILES string of the molecule is CCc1ccc(-n2c(=O)c3ccccc3n(Cc3nc(-c4cccc(C)c4)no3)c2=O)cc1. The summed E-state index contributed by atoms with van der Waals surface area (Å²) in [6.07, 6.45) is 0.873. The molecule has 0 radical (unpaired) electrons. The lowest BCUT2D eigenvalue weighted by molar-refractivity contribution is 0.370. The van der Waals surface area contributed by atoms with E-state index in [0.29, 0.717) is 22.4 Å². The van der Waals surface area contributed by atoms with Crippen LogP contribution in [0.3, 0.4) is 0 Å². The summed E-state index contributed by atoms with van der Waals surface area (Å²) in [6, 6.07) is 22.3. The molecule has 5 rings (SSSR count). The molecular weight excluding hydrogens is 416 g/mol. The zero-order chi connectivity index (χ0) is 22.9. The van der Waals surface area contributed by atoms with Gasteiger partial charge in [0.15, 0.2) is 0 Å². The van der Waals surface area contributed by atoms with Crippen LogP contribution in [0.4, 0.5) is 0 Å². The molecule has 0 aliphatic heterocycles. The number of hydrogen-bond acceptors (Lipinski definition) is 5. The van der Waals surface area contributed by atoms with Gasteiger partial charge in [-0.05, 0) is 49.2 Å². The Morgan fingerprint density at radius 1 is 0.939 bits per heavy atom. The van der Waals surface area contributed by atoms with Crippen molar-refractivity contribution < 1.29 is 4.52 Å². The Morgan fingerprint density at radius 3 is 2.48 bits per heavy atom. The van der Waals surface area contributed by atoms with Gasteiger partial charge in [-0.2, -0.15) is 4.98 Å². The molecule has 0 saturated heterocycles. The smallest absolute Gasteiger partial charge is 0.336 e. The summed E-state index contributed by atoms with van der Waals surface area (Å²) < 4.78 is 8.16. The van der Waals surface area contributed by atoms with Crippen molar-refractivity contribution in [2.24, 2.45) is 0 Å². The highest BCUT2D eigenvalue weighted by molar-refractivity contribution is 5.78. The fourth-order valence-corrected chi connectivity index (χ4v) is 3.94. The molecule has 0 amide bonds. The minimum absolute atomic E-state index is 0.0471. The van der Waals surface area contributed by atoms with E-state index in [9.17, 15) is 9.59 Å². The highest BCUT2D eigenvalue weighted by atomic mass is 16.5. The average molecular weight is 438 g/mol. The van der Waals surface area contributed by atoms with Crippen LogP contribution in [-0.2, 0) is 13.0 Å². The number of aromatic nitrogens is 4. The summed E-state index contributed by atoms with van der Waals surface area (Å²) in [5, 5.41) is 4.52. The molecule has 164 valence electrons. The molecule has 0 atom stereocenters. The second kappa shape index (κ2) is 8.35. The van der Waals surface area contributed by atoms with Crippen LogP contribution in [0, 0.1) is 6.92 Å². The van der Waals surface area contributed by atoms with Crippen molar-refractivity contribution in [3.63, 3.8) is 0 Å². The van der Waals surface area contributed by atoms with E-state index < -0.39 is 5.69 Å². The molecule has 0 N–H and O–H groups in total. The monoisotopic (exact) mass is 438 g/mol. The van der Waals surface area contributed by atoms with Crippen LogP contribution < -0.4 is 11.2 Å². The molecule has 2 aromatic heterocycles. The first-order valence-corrected chi connectivity index (χ1v) is 10.8. The maximum absolute atomic E-state index is 13.5. The molecule has 0 unspecified atom stereocenters. The normalized spacial score (nSPS) is 11.2. The lowest BCUT2D eigenvalue weighted by Gasteiger charge is -2.13. The lowest BCUT2D eigenvalue weighted by atomic mass is 10.1. The molecule has 7 nitrogen and oxygen atoms in total. The van der Waals surface area contributed by atoms with Crippen molar-refractivity contribution in [2.75, 3.05) is 0 Å². The van der Waals surface area contributed by atoms with Gasteiger partial charge in [-0.1, -0.05) is 60.1 Å². The summed E-state index contributed by atoms with van der Waals surface area (Å²) in [5.74, 6) is 0.736. The summed E-state index contributed by atoms with van der Waals surface area (Å²) >= 11 is 0. The largest absolute Gasteiger partial charge is 0.337 e. The summed E-state index contributed by atoms with van der Waals surface area (Å²) in [7, 11) is 0. The Hall–Kier alpha value is -4.26. The summed E-state index contributed by atoms with van der Waals surface area (Å²) in [4.78, 5) is 31.2. The predicted molar refractivity (Wildman–Crippen MR) is 127 cm³/mol. The molecule has 3 aromatic carbocycles. The molecule has 33 heavy (non-hydrogen) atoms. The van der Waals surface area contributed by atoms with Crippen molar-refractivity contribution >= 4 is 10.9 Å². The first kappa shape index (κ1) is 20.6. The Kier molecular flexibility index (Phi) is 5.22. The quantitative estimate of drug-likeness (QED) is 0.412. The standard InChI is InChI=1S/C26H22N4O3/c1-3-18-11-13-20(14-12-18)30-25(31)21-9-4-5-10-22(21)29(26(30)32)16-23-27-24(28-33-23)19-8-6-7-17(2)15-19/h4-15H,3,16H2,1-2H3. The molecule has 0 saturated carbocycles. The Morgan fingerprint density at radius 2 is 1.73 bits per heavy atom. The van der Waals surface area contributed by atoms with Gasteiger partial charge in [0.25, 0.3) is 5.56 Å². The van der Waals surface area contributed by atoms with Crippen molar-refractivity contribution in [1.82, 2.24) is 19.3 Å². The predicted octanol–water partition coefficient (Wildman–Crippen LogP) is 4.12. The number of benzene rings is 3. The van der Waals surface area contributed by atoms with Gasteiger partial charge in [-0.3, -0.25) is 9.36 Å². The van der Waals surface area contributed by atoms with E-state index in [2.05, 4.69) is 17.1 Å². The molecular formula is C26H22N4O3. The van der Waals surface area contributed by atoms with Crippen LogP contribution in [0.5, 0.6) is 0 Å². The number of para-hydroxylation sites is 1. The maximum atomic E-state index is 13.5. The highest BCUT2D eigenvalue weighted by Gasteiger charge is 2.17. The third-order valence-corrected chi connectivity index (χ3v) is 5.69. The lowest BCUT2D eigenvalue weighted by Crippen LogP contribution is -2.39. The number of fused-ring (bicyclic) bond motifs is 1. The topological polar surface area (TPSA) is 82.9 Å². The number of hydrogen-bond donors (Lipinski definition) is 0. The van der Waals surface area contributed by atoms with Gasteiger partial charge in [0, 0.05) is 5.56 Å². The van der Waals surface area contributed by atoms with Crippen molar-refractivity contribution in [1.29, 1.82) is 0 Å². The van der Waals surface area contributed by atoms with Crippen LogP contribution >= 0.6 is 0 Å². The first-order chi connectivity index (χ1) is 16.0. The molecule has 0 bridgehead atoms. The van der Waals surface area contributed by atoms with Crippen molar-refractivity contribution in [2.45, 2.75) is 26.8 Å². The Balaban J connectivity index is 1.64. The van der Waals surface area contributed by atoms with Gasteiger partial charge in [0.2, 0.25) is 11.7 Å². The fraction of sp³-hybridized carbons (Fsp3) is 0.154. The minimum atomic E-state index is -0.460. The third kappa shape index (κ3) is 3.78. The fourth-order valence-electron chi connectivity index (χ4n) is 3.94. The minimum Gasteiger partial charge on any atom is -0.337 e. The van der Waals surface area contributed by atoms with Crippen LogP contribution in [-0.4, -0.2) is 19.3 Å². The number of aryl methyl sites for hydroxylation is 2. The number of nitrogens with zero attached hydrogens (tertiary/aromatic N) is 4. The van der Waals surface area contributed by atoms with Crippen molar-refractivity contribution in [3.05, 3.63) is 111 Å². The second-order valence-corrected chi connectivity index (χ2v) is 7.93. The highest BCUT2D eigenvalue weighted by Crippen LogP contribution is 2.18. The zero-order valence-corrected chi connectivity index (χ0v) is 18.4. The Labute approximate surface area is 189 Å². The van der Waals surface area contributed by atoms with Crippen LogP contribution in [0.2, 0.25) is 0 Å². The molecule has 0 spiro atoms. The summed E-state index contributed by atoms with van der Waals surface area (Å²) in [5.41, 5.74) is 3.27. The molecule has 5 aromatic rings. The zero-order valence-electron chi connectivity index (χ0n) is 18.4. The molecule has 2 heterocycles. The van der Waals surface area contributed by atoms with E-state index in [0.717, 1.165) is 23.1 Å². The average Bonchev–Trinajstić information content (AvgIpc) is 3.31. The molecule has 0 aliphatic carbocycles. The van der Waals surface area contributed by atoms with Gasteiger partial charge < -0.3 is 4.52 Å². The Bertz CT molecular complexity index is 1580. The molecule has 7 heteroatoms. The van der Waals surface area contributed by atoms with Gasteiger partial charge in [0.1, 0.15) is 6.54 Å². The summed E-state index contributed by atoms with van der Waals surface area (Å²) in [6.45, 7) is 4.09. The van der Waals surface area contributed by atoms with Gasteiger partial charge in [-0.15, -0.1) is 0 Å². The van der Waals surface area contributed by atoms with Crippen LogP contribution in [0.1, 0.15) is 23.9 Å². The molecule has 0 fully saturated rings. The third-order valence-electron chi connectivity index (χ3n) is 5.69. The van der Waals surface area contributed by atoms with E-state index in [4.69, 9.17) is 4.52 Å². The van der Waals surface area contributed by atoms with E-state index in [1.165, 1.54) is 9.13 Å². The van der Waals surface area contributed by atoms with E-state index in [-0.39, 0.29) is 18.0 Å². The van der Waals surface area contributed by atoms with Crippen LogP contribution in [0.15, 0.2) is 86.9 Å². The van der Waals surface area contributed by atoms with Crippen molar-refractivity contribution in [3.8, 4) is 17.1 Å². The maximum Gasteiger partial charge on any atom is 0.336 e. The van der Waals surface area contributed by atoms with Gasteiger partial charge in [0.05, 0.1) is 16.6 Å². The van der Waals surface area contributed by atoms with E-state index in [1.54, 1.807) is 36.4 Å². The van der Waals surface area contributed by atoms with Crippen LogP contribution in [0.25, 0.3) is 28.0 Å². The second-order valence-electron chi connectivity index (χ2n) is 7.93. The first-order valence-electron chi connectivity index (χ1n) is 10.8. The van der Waals surface area contributed by atoms with E-state index >= 15 is 0 Å². The van der Waals surface area contributed by atoms with E-state index in [1.807, 2.05) is 43.3 Å².